The molecule has 0 radical (unpaired) electrons. The van der Waals surface area contributed by atoms with Crippen LogP contribution in [0, 0.1) is 5.82 Å². The zero-order valence-corrected chi connectivity index (χ0v) is 11.7. The summed E-state index contributed by atoms with van der Waals surface area (Å²) in [5, 5.41) is 0.506. The van der Waals surface area contributed by atoms with E-state index in [0.717, 1.165) is 5.75 Å². The number of halogens is 2. The Kier molecular flexibility index (Phi) is 5.75. The second-order valence-corrected chi connectivity index (χ2v) is 6.21. The minimum absolute atomic E-state index is 0.162. The Morgan fingerprint density at radius 2 is 2.19 bits per heavy atom. The summed E-state index contributed by atoms with van der Waals surface area (Å²) in [6.45, 7) is 4.21. The molecule has 5 heteroatoms. The van der Waals surface area contributed by atoms with Crippen LogP contribution in [0.15, 0.2) is 22.7 Å². The first-order valence-electron chi connectivity index (χ1n) is 5.08. The minimum atomic E-state index is -0.241. The van der Waals surface area contributed by atoms with Crippen molar-refractivity contribution in [2.75, 3.05) is 5.75 Å². The average Bonchev–Trinajstić information content (AvgIpc) is 2.24. The van der Waals surface area contributed by atoms with Gasteiger partial charge in [-0.3, -0.25) is 11.3 Å². The fraction of sp³-hybridized carbons (Fsp3) is 0.455. The Bertz CT molecular complexity index is 347. The number of hydrogen-bond donors (Lipinski definition) is 2. The van der Waals surface area contributed by atoms with E-state index in [9.17, 15) is 4.39 Å². The number of thioether (sulfide) groups is 1. The van der Waals surface area contributed by atoms with Crippen molar-refractivity contribution in [2.45, 2.75) is 25.1 Å². The third kappa shape index (κ3) is 3.73. The summed E-state index contributed by atoms with van der Waals surface area (Å²) >= 11 is 4.92. The molecule has 1 atom stereocenters. The average molecular weight is 307 g/mol. The van der Waals surface area contributed by atoms with Gasteiger partial charge in [-0.05, 0) is 27.2 Å². The smallest absolute Gasteiger partial charge is 0.142 e. The van der Waals surface area contributed by atoms with Gasteiger partial charge in [0, 0.05) is 11.3 Å². The standard InChI is InChI=1S/C11H16BrFN2S/c1-7(2)16-6-10(15-14)8-4-3-5-9(12)11(8)13/h3-5,7,10,15H,6,14H2,1-2H3. The predicted octanol–water partition coefficient (Wildman–Crippen LogP) is 3.23. The molecule has 16 heavy (non-hydrogen) atoms. The quantitative estimate of drug-likeness (QED) is 0.648. The first-order chi connectivity index (χ1) is 7.56. The molecule has 0 bridgehead atoms. The highest BCUT2D eigenvalue weighted by Gasteiger charge is 2.16. The zero-order chi connectivity index (χ0) is 12.1. The van der Waals surface area contributed by atoms with Gasteiger partial charge in [-0.15, -0.1) is 0 Å². The van der Waals surface area contributed by atoms with Gasteiger partial charge in [-0.2, -0.15) is 11.8 Å². The van der Waals surface area contributed by atoms with Gasteiger partial charge in [0.1, 0.15) is 5.82 Å². The number of rotatable bonds is 5. The molecule has 1 unspecified atom stereocenters. The Balaban J connectivity index is 2.82. The lowest BCUT2D eigenvalue weighted by atomic mass is 10.1. The van der Waals surface area contributed by atoms with Crippen LogP contribution in [0.4, 0.5) is 4.39 Å². The highest BCUT2D eigenvalue weighted by atomic mass is 79.9. The maximum Gasteiger partial charge on any atom is 0.142 e. The molecule has 0 aliphatic carbocycles. The fourth-order valence-electron chi connectivity index (χ4n) is 1.31. The maximum absolute atomic E-state index is 13.8. The van der Waals surface area contributed by atoms with Gasteiger partial charge in [0.2, 0.25) is 0 Å². The van der Waals surface area contributed by atoms with Crippen molar-refractivity contribution >= 4 is 27.7 Å². The molecule has 1 aromatic rings. The Morgan fingerprint density at radius 3 is 2.75 bits per heavy atom. The van der Waals surface area contributed by atoms with Crippen LogP contribution >= 0.6 is 27.7 Å². The van der Waals surface area contributed by atoms with Gasteiger partial charge in [0.05, 0.1) is 10.5 Å². The van der Waals surface area contributed by atoms with Crippen molar-refractivity contribution in [2.24, 2.45) is 5.84 Å². The topological polar surface area (TPSA) is 38.0 Å². The van der Waals surface area contributed by atoms with Crippen LogP contribution in [0.5, 0.6) is 0 Å². The van der Waals surface area contributed by atoms with E-state index in [0.29, 0.717) is 15.3 Å². The first kappa shape index (κ1) is 14.0. The third-order valence-electron chi connectivity index (χ3n) is 2.15. The molecular weight excluding hydrogens is 291 g/mol. The third-order valence-corrected chi connectivity index (χ3v) is 3.96. The summed E-state index contributed by atoms with van der Waals surface area (Å²) in [6.07, 6.45) is 0. The van der Waals surface area contributed by atoms with Crippen LogP contribution in [0.25, 0.3) is 0 Å². The summed E-state index contributed by atoms with van der Waals surface area (Å²) in [4.78, 5) is 0. The van der Waals surface area contributed by atoms with Crippen LogP contribution in [-0.4, -0.2) is 11.0 Å². The van der Waals surface area contributed by atoms with Crippen LogP contribution < -0.4 is 11.3 Å². The van der Waals surface area contributed by atoms with Gasteiger partial charge < -0.3 is 0 Å². The lowest BCUT2D eigenvalue weighted by Gasteiger charge is -2.18. The Labute approximate surface area is 108 Å². The van der Waals surface area contributed by atoms with E-state index in [1.165, 1.54) is 0 Å². The second kappa shape index (κ2) is 6.59. The molecule has 0 spiro atoms. The number of nitrogens with two attached hydrogens (primary N) is 1. The maximum atomic E-state index is 13.8. The Morgan fingerprint density at radius 1 is 1.50 bits per heavy atom. The SMILES string of the molecule is CC(C)SCC(NN)c1cccc(Br)c1F. The van der Waals surface area contributed by atoms with Gasteiger partial charge in [0.15, 0.2) is 0 Å². The largest absolute Gasteiger partial charge is 0.271 e. The van der Waals surface area contributed by atoms with Crippen molar-refractivity contribution in [1.29, 1.82) is 0 Å². The van der Waals surface area contributed by atoms with Crippen LogP contribution in [-0.2, 0) is 0 Å². The molecule has 90 valence electrons. The highest BCUT2D eigenvalue weighted by molar-refractivity contribution is 9.10. The second-order valence-electron chi connectivity index (χ2n) is 3.74. The van der Waals surface area contributed by atoms with E-state index < -0.39 is 0 Å². The summed E-state index contributed by atoms with van der Waals surface area (Å²) in [6, 6.07) is 5.09. The van der Waals surface area contributed by atoms with Crippen molar-refractivity contribution in [3.8, 4) is 0 Å². The van der Waals surface area contributed by atoms with Crippen LogP contribution in [0.2, 0.25) is 0 Å². The number of benzene rings is 1. The van der Waals surface area contributed by atoms with E-state index in [1.807, 2.05) is 6.07 Å². The lowest BCUT2D eigenvalue weighted by molar-refractivity contribution is 0.542. The molecule has 0 heterocycles. The number of hydrogen-bond acceptors (Lipinski definition) is 3. The number of hydrazine groups is 1. The van der Waals surface area contributed by atoms with Crippen molar-refractivity contribution in [3.05, 3.63) is 34.1 Å². The van der Waals surface area contributed by atoms with E-state index in [1.54, 1.807) is 23.9 Å². The molecule has 3 N–H and O–H groups in total. The van der Waals surface area contributed by atoms with Crippen molar-refractivity contribution < 1.29 is 4.39 Å². The molecule has 0 saturated heterocycles. The van der Waals surface area contributed by atoms with E-state index in [4.69, 9.17) is 5.84 Å². The number of nitrogens with one attached hydrogen (secondary N) is 1. The van der Waals surface area contributed by atoms with E-state index in [2.05, 4.69) is 35.2 Å². The first-order valence-corrected chi connectivity index (χ1v) is 6.92. The molecule has 0 aliphatic heterocycles. The highest BCUT2D eigenvalue weighted by Crippen LogP contribution is 2.26. The van der Waals surface area contributed by atoms with Gasteiger partial charge in [0.25, 0.3) is 0 Å². The van der Waals surface area contributed by atoms with Gasteiger partial charge in [-0.1, -0.05) is 26.0 Å². The molecule has 0 aliphatic rings. The molecule has 2 nitrogen and oxygen atoms in total. The molecule has 1 aromatic carbocycles. The monoisotopic (exact) mass is 306 g/mol. The molecule has 0 aromatic heterocycles. The molecular formula is C11H16BrFN2S. The zero-order valence-electron chi connectivity index (χ0n) is 9.34. The van der Waals surface area contributed by atoms with Crippen LogP contribution in [0.1, 0.15) is 25.5 Å². The normalized spacial score (nSPS) is 13.1. The molecule has 0 amide bonds. The molecule has 0 saturated carbocycles. The van der Waals surface area contributed by atoms with Gasteiger partial charge in [-0.25, -0.2) is 4.39 Å². The summed E-state index contributed by atoms with van der Waals surface area (Å²) in [7, 11) is 0. The van der Waals surface area contributed by atoms with Crippen molar-refractivity contribution in [3.63, 3.8) is 0 Å². The fourth-order valence-corrected chi connectivity index (χ4v) is 2.54. The summed E-state index contributed by atoms with van der Waals surface area (Å²) in [5.74, 6) is 5.98. The molecule has 1 rings (SSSR count). The summed E-state index contributed by atoms with van der Waals surface area (Å²) < 4.78 is 14.3. The Hall–Kier alpha value is -0.100. The minimum Gasteiger partial charge on any atom is -0.271 e. The van der Waals surface area contributed by atoms with Crippen molar-refractivity contribution in [1.82, 2.24) is 5.43 Å². The van der Waals surface area contributed by atoms with Gasteiger partial charge >= 0.3 is 0 Å². The predicted molar refractivity (Wildman–Crippen MR) is 71.8 cm³/mol. The van der Waals surface area contributed by atoms with Crippen LogP contribution in [0.3, 0.4) is 0 Å². The summed E-state index contributed by atoms with van der Waals surface area (Å²) in [5.41, 5.74) is 3.26. The van der Waals surface area contributed by atoms with E-state index >= 15 is 0 Å². The van der Waals surface area contributed by atoms with E-state index in [-0.39, 0.29) is 11.9 Å². The lowest BCUT2D eigenvalue weighted by Crippen LogP contribution is -2.30. The molecule has 0 fully saturated rings.